The minimum Gasteiger partial charge on any atom is -0.395 e. The summed E-state index contributed by atoms with van der Waals surface area (Å²) in [6, 6.07) is 7.85. The van der Waals surface area contributed by atoms with Crippen molar-refractivity contribution in [2.75, 3.05) is 25.0 Å². The molecule has 0 aromatic heterocycles. The van der Waals surface area contributed by atoms with E-state index in [1.807, 2.05) is 24.3 Å². The van der Waals surface area contributed by atoms with Gasteiger partial charge in [0.1, 0.15) is 0 Å². The summed E-state index contributed by atoms with van der Waals surface area (Å²) in [5, 5.41) is 12.3. The van der Waals surface area contributed by atoms with E-state index in [-0.39, 0.29) is 18.6 Å². The van der Waals surface area contributed by atoms with Crippen molar-refractivity contribution >= 4 is 34.2 Å². The van der Waals surface area contributed by atoms with Crippen LogP contribution in [0.1, 0.15) is 13.3 Å². The molecule has 1 aromatic carbocycles. The van der Waals surface area contributed by atoms with Crippen molar-refractivity contribution in [1.82, 2.24) is 4.90 Å². The maximum Gasteiger partial charge on any atom is 0.238 e. The predicted octanol–water partition coefficient (Wildman–Crippen LogP) is 1.93. The van der Waals surface area contributed by atoms with E-state index in [0.29, 0.717) is 12.5 Å². The molecule has 0 bridgehead atoms. The SMILES string of the molecule is CC1CCN(CC(=O)Nc2cccc(I)c2)C1CO. The van der Waals surface area contributed by atoms with Gasteiger partial charge in [0.05, 0.1) is 13.2 Å². The minimum absolute atomic E-state index is 0.0189. The van der Waals surface area contributed by atoms with Crippen LogP contribution in [0.3, 0.4) is 0 Å². The number of nitrogens with zero attached hydrogens (tertiary/aromatic N) is 1. The van der Waals surface area contributed by atoms with Gasteiger partial charge in [-0.15, -0.1) is 0 Å². The van der Waals surface area contributed by atoms with E-state index in [4.69, 9.17) is 0 Å². The average molecular weight is 374 g/mol. The summed E-state index contributed by atoms with van der Waals surface area (Å²) in [4.78, 5) is 14.1. The molecular weight excluding hydrogens is 355 g/mol. The van der Waals surface area contributed by atoms with Gasteiger partial charge in [-0.25, -0.2) is 0 Å². The van der Waals surface area contributed by atoms with Crippen LogP contribution in [0, 0.1) is 9.49 Å². The second-order valence-electron chi connectivity index (χ2n) is 5.04. The lowest BCUT2D eigenvalue weighted by atomic mass is 10.0. The number of aliphatic hydroxyl groups is 1. The molecule has 2 atom stereocenters. The van der Waals surface area contributed by atoms with Crippen molar-refractivity contribution in [1.29, 1.82) is 0 Å². The maximum atomic E-state index is 12.0. The molecule has 104 valence electrons. The largest absolute Gasteiger partial charge is 0.395 e. The van der Waals surface area contributed by atoms with E-state index in [2.05, 4.69) is 39.7 Å². The molecule has 0 radical (unpaired) electrons. The first-order valence-corrected chi connectivity index (χ1v) is 7.58. The number of anilines is 1. The topological polar surface area (TPSA) is 52.6 Å². The summed E-state index contributed by atoms with van der Waals surface area (Å²) in [7, 11) is 0. The highest BCUT2D eigenvalue weighted by Gasteiger charge is 2.31. The second kappa shape index (κ2) is 6.67. The van der Waals surface area contributed by atoms with E-state index in [1.165, 1.54) is 0 Å². The van der Waals surface area contributed by atoms with Crippen LogP contribution in [0.2, 0.25) is 0 Å². The fraction of sp³-hybridized carbons (Fsp3) is 0.500. The van der Waals surface area contributed by atoms with E-state index < -0.39 is 0 Å². The molecule has 1 amide bonds. The molecule has 1 fully saturated rings. The van der Waals surface area contributed by atoms with Crippen molar-refractivity contribution in [3.63, 3.8) is 0 Å². The smallest absolute Gasteiger partial charge is 0.238 e. The van der Waals surface area contributed by atoms with Gasteiger partial charge in [0, 0.05) is 15.3 Å². The Bertz CT molecular complexity index is 453. The molecule has 1 aliphatic rings. The summed E-state index contributed by atoms with van der Waals surface area (Å²) in [5.74, 6) is 0.435. The minimum atomic E-state index is -0.0189. The van der Waals surface area contributed by atoms with Crippen molar-refractivity contribution < 1.29 is 9.90 Å². The van der Waals surface area contributed by atoms with E-state index in [9.17, 15) is 9.90 Å². The zero-order valence-corrected chi connectivity index (χ0v) is 13.1. The fourth-order valence-electron chi connectivity index (χ4n) is 2.53. The summed E-state index contributed by atoms with van der Waals surface area (Å²) in [5.41, 5.74) is 0.824. The van der Waals surface area contributed by atoms with Gasteiger partial charge in [0.25, 0.3) is 0 Å². The van der Waals surface area contributed by atoms with Crippen LogP contribution in [0.15, 0.2) is 24.3 Å². The fourth-order valence-corrected chi connectivity index (χ4v) is 3.07. The first-order chi connectivity index (χ1) is 9.10. The Balaban J connectivity index is 1.91. The molecule has 1 aromatic rings. The molecule has 0 saturated carbocycles. The monoisotopic (exact) mass is 374 g/mol. The number of hydrogen-bond acceptors (Lipinski definition) is 3. The van der Waals surface area contributed by atoms with Gasteiger partial charge in [0.2, 0.25) is 5.91 Å². The standard InChI is InChI=1S/C14H19IN2O2/c1-10-5-6-17(13(10)9-18)8-14(19)16-12-4-2-3-11(15)7-12/h2-4,7,10,13,18H,5-6,8-9H2,1H3,(H,16,19). The van der Waals surface area contributed by atoms with Gasteiger partial charge < -0.3 is 10.4 Å². The molecule has 1 aliphatic heterocycles. The van der Waals surface area contributed by atoms with Gasteiger partial charge >= 0.3 is 0 Å². The third kappa shape index (κ3) is 3.90. The Morgan fingerprint density at radius 3 is 3.05 bits per heavy atom. The number of carbonyl (C=O) groups excluding carboxylic acids is 1. The third-order valence-corrected chi connectivity index (χ3v) is 4.31. The Morgan fingerprint density at radius 2 is 2.37 bits per heavy atom. The normalized spacial score (nSPS) is 23.5. The molecule has 19 heavy (non-hydrogen) atoms. The quantitative estimate of drug-likeness (QED) is 0.793. The first-order valence-electron chi connectivity index (χ1n) is 6.50. The van der Waals surface area contributed by atoms with Crippen LogP contribution in [0.4, 0.5) is 5.69 Å². The highest BCUT2D eigenvalue weighted by Crippen LogP contribution is 2.23. The van der Waals surface area contributed by atoms with Crippen LogP contribution in [0.25, 0.3) is 0 Å². The molecular formula is C14H19IN2O2. The van der Waals surface area contributed by atoms with Gasteiger partial charge in [-0.2, -0.15) is 0 Å². The molecule has 5 heteroatoms. The van der Waals surface area contributed by atoms with E-state index in [0.717, 1.165) is 22.2 Å². The highest BCUT2D eigenvalue weighted by molar-refractivity contribution is 14.1. The molecule has 0 spiro atoms. The van der Waals surface area contributed by atoms with Crippen LogP contribution >= 0.6 is 22.6 Å². The molecule has 1 heterocycles. The van der Waals surface area contributed by atoms with Crippen LogP contribution in [-0.2, 0) is 4.79 Å². The van der Waals surface area contributed by atoms with Gasteiger partial charge in [0.15, 0.2) is 0 Å². The van der Waals surface area contributed by atoms with E-state index in [1.54, 1.807) is 0 Å². The molecule has 4 nitrogen and oxygen atoms in total. The zero-order valence-electron chi connectivity index (χ0n) is 11.0. The number of rotatable bonds is 4. The molecule has 0 aliphatic carbocycles. The number of hydrogen-bond donors (Lipinski definition) is 2. The summed E-state index contributed by atoms with van der Waals surface area (Å²) in [6.45, 7) is 3.48. The summed E-state index contributed by atoms with van der Waals surface area (Å²) < 4.78 is 1.10. The Morgan fingerprint density at radius 1 is 1.58 bits per heavy atom. The van der Waals surface area contributed by atoms with Crippen molar-refractivity contribution in [3.8, 4) is 0 Å². The first kappa shape index (κ1) is 14.7. The van der Waals surface area contributed by atoms with Gasteiger partial charge in [-0.05, 0) is 59.7 Å². The number of carbonyl (C=O) groups is 1. The summed E-state index contributed by atoms with van der Waals surface area (Å²) in [6.07, 6.45) is 1.04. The average Bonchev–Trinajstić information content (AvgIpc) is 2.69. The molecule has 2 unspecified atom stereocenters. The van der Waals surface area contributed by atoms with Gasteiger partial charge in [-0.3, -0.25) is 9.69 Å². The van der Waals surface area contributed by atoms with Crippen molar-refractivity contribution in [3.05, 3.63) is 27.8 Å². The number of nitrogens with one attached hydrogen (secondary N) is 1. The number of likely N-dealkylation sites (tertiary alicyclic amines) is 1. The van der Waals surface area contributed by atoms with Crippen LogP contribution < -0.4 is 5.32 Å². The lowest BCUT2D eigenvalue weighted by molar-refractivity contribution is -0.117. The number of halogens is 1. The third-order valence-electron chi connectivity index (χ3n) is 3.64. The molecule has 2 rings (SSSR count). The second-order valence-corrected chi connectivity index (χ2v) is 6.29. The van der Waals surface area contributed by atoms with E-state index >= 15 is 0 Å². The lowest BCUT2D eigenvalue weighted by Gasteiger charge is -2.24. The Hall–Kier alpha value is -0.660. The van der Waals surface area contributed by atoms with Crippen LogP contribution in [-0.4, -0.2) is 41.7 Å². The number of benzene rings is 1. The lowest BCUT2D eigenvalue weighted by Crippen LogP contribution is -2.40. The maximum absolute atomic E-state index is 12.0. The predicted molar refractivity (Wildman–Crippen MR) is 84.0 cm³/mol. The highest BCUT2D eigenvalue weighted by atomic mass is 127. The van der Waals surface area contributed by atoms with Crippen molar-refractivity contribution in [2.45, 2.75) is 19.4 Å². The zero-order chi connectivity index (χ0) is 13.8. The van der Waals surface area contributed by atoms with Crippen LogP contribution in [0.5, 0.6) is 0 Å². The molecule has 2 N–H and O–H groups in total. The molecule has 1 saturated heterocycles. The van der Waals surface area contributed by atoms with Gasteiger partial charge in [-0.1, -0.05) is 13.0 Å². The summed E-state index contributed by atoms with van der Waals surface area (Å²) >= 11 is 2.22. The Kier molecular flexibility index (Phi) is 5.18. The Labute approximate surface area is 127 Å². The number of amides is 1. The number of aliphatic hydroxyl groups excluding tert-OH is 1. The van der Waals surface area contributed by atoms with Crippen molar-refractivity contribution in [2.24, 2.45) is 5.92 Å².